The highest BCUT2D eigenvalue weighted by Crippen LogP contribution is 2.21. The van der Waals surface area contributed by atoms with E-state index in [2.05, 4.69) is 10.6 Å². The number of carbonyl (C=O) groups excluding carboxylic acids is 1. The Hall–Kier alpha value is -1.69. The summed E-state index contributed by atoms with van der Waals surface area (Å²) in [5.41, 5.74) is -0.912. The van der Waals surface area contributed by atoms with Crippen molar-refractivity contribution in [3.63, 3.8) is 0 Å². The minimum Gasteiger partial charge on any atom is -0.382 e. The number of hydrogen-bond acceptors (Lipinski definition) is 3. The summed E-state index contributed by atoms with van der Waals surface area (Å²) in [6.07, 6.45) is 0. The van der Waals surface area contributed by atoms with Crippen molar-refractivity contribution < 1.29 is 18.3 Å². The minimum atomic E-state index is -0.790. The van der Waals surface area contributed by atoms with E-state index in [0.717, 1.165) is 12.1 Å². The lowest BCUT2D eigenvalue weighted by Crippen LogP contribution is -2.46. The van der Waals surface area contributed by atoms with Gasteiger partial charge in [0.2, 0.25) is 0 Å². The number of carbonyl (C=O) groups is 1. The fourth-order valence-electron chi connectivity index (χ4n) is 1.83. The lowest BCUT2D eigenvalue weighted by molar-refractivity contribution is 0.0819. The van der Waals surface area contributed by atoms with Crippen molar-refractivity contribution in [1.29, 1.82) is 0 Å². The van der Waals surface area contributed by atoms with Crippen molar-refractivity contribution in [1.82, 2.24) is 5.32 Å². The summed E-state index contributed by atoms with van der Waals surface area (Å²) < 4.78 is 32.4. The molecule has 1 aromatic carbocycles. The lowest BCUT2D eigenvalue weighted by atomic mass is 10.1. The zero-order valence-corrected chi connectivity index (χ0v) is 12.1. The molecule has 112 valence electrons. The first kappa shape index (κ1) is 16.4. The molecule has 0 aliphatic rings. The second-order valence-electron chi connectivity index (χ2n) is 5.12. The van der Waals surface area contributed by atoms with Crippen LogP contribution in [0.3, 0.4) is 0 Å². The number of methoxy groups -OCH3 is 1. The van der Waals surface area contributed by atoms with E-state index < -0.39 is 23.1 Å². The molecule has 0 saturated carbocycles. The van der Waals surface area contributed by atoms with Crippen LogP contribution in [-0.4, -0.2) is 31.7 Å². The maximum absolute atomic E-state index is 13.7. The van der Waals surface area contributed by atoms with E-state index in [1.807, 2.05) is 0 Å². The molecule has 0 radical (unpaired) electrons. The molecule has 20 heavy (non-hydrogen) atoms. The molecular formula is C14H20F2N2O2. The number of halogens is 2. The molecule has 0 aliphatic heterocycles. The van der Waals surface area contributed by atoms with Gasteiger partial charge >= 0.3 is 0 Å². The van der Waals surface area contributed by atoms with E-state index >= 15 is 0 Å². The van der Waals surface area contributed by atoms with Gasteiger partial charge in [0.1, 0.15) is 17.3 Å². The summed E-state index contributed by atoms with van der Waals surface area (Å²) in [7, 11) is 1.51. The second kappa shape index (κ2) is 6.65. The molecule has 0 unspecified atom stereocenters. The van der Waals surface area contributed by atoms with Gasteiger partial charge in [-0.15, -0.1) is 0 Å². The molecule has 6 heteroatoms. The van der Waals surface area contributed by atoms with E-state index in [9.17, 15) is 13.6 Å². The predicted octanol–water partition coefficient (Wildman–Crippen LogP) is 2.55. The van der Waals surface area contributed by atoms with Crippen molar-refractivity contribution >= 4 is 11.6 Å². The monoisotopic (exact) mass is 286 g/mol. The number of benzene rings is 1. The largest absolute Gasteiger partial charge is 0.382 e. The molecule has 1 rings (SSSR count). The first-order valence-electron chi connectivity index (χ1n) is 6.35. The van der Waals surface area contributed by atoms with Crippen LogP contribution in [-0.2, 0) is 4.74 Å². The van der Waals surface area contributed by atoms with Gasteiger partial charge in [0.05, 0.1) is 12.1 Å². The molecular weight excluding hydrogens is 266 g/mol. The molecule has 0 saturated heterocycles. The second-order valence-corrected chi connectivity index (χ2v) is 5.12. The van der Waals surface area contributed by atoms with Crippen molar-refractivity contribution in [3.05, 3.63) is 29.3 Å². The van der Waals surface area contributed by atoms with Crippen molar-refractivity contribution in [2.45, 2.75) is 26.3 Å². The van der Waals surface area contributed by atoms with Crippen molar-refractivity contribution in [2.24, 2.45) is 0 Å². The molecule has 0 bridgehead atoms. The van der Waals surface area contributed by atoms with Gasteiger partial charge in [-0.1, -0.05) is 0 Å². The number of ether oxygens (including phenoxy) is 1. The van der Waals surface area contributed by atoms with Crippen LogP contribution in [0.25, 0.3) is 0 Å². The van der Waals surface area contributed by atoms with Gasteiger partial charge in [-0.3, -0.25) is 4.79 Å². The van der Waals surface area contributed by atoms with Gasteiger partial charge in [0.25, 0.3) is 5.91 Å². The summed E-state index contributed by atoms with van der Waals surface area (Å²) in [6, 6.07) is 2.03. The molecule has 4 nitrogen and oxygen atoms in total. The molecule has 0 aromatic heterocycles. The first-order valence-corrected chi connectivity index (χ1v) is 6.35. The highest BCUT2D eigenvalue weighted by atomic mass is 19.1. The predicted molar refractivity (Wildman–Crippen MR) is 73.9 cm³/mol. The van der Waals surface area contributed by atoms with E-state index in [1.165, 1.54) is 7.11 Å². The van der Waals surface area contributed by atoms with Crippen LogP contribution in [0.4, 0.5) is 14.5 Å². The maximum atomic E-state index is 13.7. The molecule has 0 heterocycles. The first-order chi connectivity index (χ1) is 9.30. The van der Waals surface area contributed by atoms with Gasteiger partial charge in [-0.2, -0.15) is 0 Å². The maximum Gasteiger partial charge on any atom is 0.251 e. The lowest BCUT2D eigenvalue weighted by Gasteiger charge is -2.25. The van der Waals surface area contributed by atoms with Crippen molar-refractivity contribution in [2.75, 3.05) is 25.6 Å². The van der Waals surface area contributed by atoms with Gasteiger partial charge in [0.15, 0.2) is 0 Å². The molecule has 2 N–H and O–H groups in total. The number of amides is 1. The third-order valence-corrected chi connectivity index (χ3v) is 2.61. The Labute approximate surface area is 117 Å². The van der Waals surface area contributed by atoms with Crippen LogP contribution in [0.2, 0.25) is 0 Å². The van der Waals surface area contributed by atoms with Crippen LogP contribution in [0, 0.1) is 11.6 Å². The Kier molecular flexibility index (Phi) is 5.44. The fraction of sp³-hybridized carbons (Fsp3) is 0.500. The zero-order chi connectivity index (χ0) is 15.3. The molecule has 0 atom stereocenters. The Morgan fingerprint density at radius 1 is 1.30 bits per heavy atom. The molecule has 0 spiro atoms. The van der Waals surface area contributed by atoms with Crippen LogP contribution < -0.4 is 10.6 Å². The average molecular weight is 286 g/mol. The molecule has 1 amide bonds. The third-order valence-electron chi connectivity index (χ3n) is 2.61. The van der Waals surface area contributed by atoms with Gasteiger partial charge in [-0.05, 0) is 32.9 Å². The van der Waals surface area contributed by atoms with E-state index in [0.29, 0.717) is 13.2 Å². The SMILES string of the molecule is CCNc1c(F)cc(C(=O)NC(C)(C)COC)cc1F. The van der Waals surface area contributed by atoms with E-state index in [1.54, 1.807) is 20.8 Å². The van der Waals surface area contributed by atoms with Crippen LogP contribution in [0.1, 0.15) is 31.1 Å². The number of rotatable bonds is 6. The van der Waals surface area contributed by atoms with E-state index in [-0.39, 0.29) is 11.3 Å². The Balaban J connectivity index is 2.95. The quantitative estimate of drug-likeness (QED) is 0.845. The Bertz CT molecular complexity index is 467. The van der Waals surface area contributed by atoms with Crippen LogP contribution in [0.15, 0.2) is 12.1 Å². The van der Waals surface area contributed by atoms with Gasteiger partial charge < -0.3 is 15.4 Å². The summed E-state index contributed by atoms with van der Waals surface area (Å²) in [5, 5.41) is 5.24. The average Bonchev–Trinajstić information content (AvgIpc) is 2.32. The van der Waals surface area contributed by atoms with Crippen molar-refractivity contribution in [3.8, 4) is 0 Å². The minimum absolute atomic E-state index is 0.0640. The number of hydrogen-bond donors (Lipinski definition) is 2. The molecule has 1 aromatic rings. The van der Waals surface area contributed by atoms with Crippen LogP contribution >= 0.6 is 0 Å². The summed E-state index contributed by atoms with van der Waals surface area (Å²) in [5.74, 6) is -2.13. The molecule has 0 fully saturated rings. The Morgan fingerprint density at radius 2 is 1.85 bits per heavy atom. The smallest absolute Gasteiger partial charge is 0.251 e. The number of nitrogens with one attached hydrogen (secondary N) is 2. The highest BCUT2D eigenvalue weighted by Gasteiger charge is 2.22. The third kappa shape index (κ3) is 4.16. The topological polar surface area (TPSA) is 50.4 Å². The zero-order valence-electron chi connectivity index (χ0n) is 12.1. The fourth-order valence-corrected chi connectivity index (χ4v) is 1.83. The summed E-state index contributed by atoms with van der Waals surface area (Å²) in [6.45, 7) is 5.93. The normalized spacial score (nSPS) is 11.3. The highest BCUT2D eigenvalue weighted by molar-refractivity contribution is 5.95. The summed E-state index contributed by atoms with van der Waals surface area (Å²) >= 11 is 0. The molecule has 0 aliphatic carbocycles. The Morgan fingerprint density at radius 3 is 2.30 bits per heavy atom. The van der Waals surface area contributed by atoms with E-state index in [4.69, 9.17) is 4.74 Å². The van der Waals surface area contributed by atoms with Gasteiger partial charge in [-0.25, -0.2) is 8.78 Å². The standard InChI is InChI=1S/C14H20F2N2O2/c1-5-17-12-10(15)6-9(7-11(12)16)13(19)18-14(2,3)8-20-4/h6-7,17H,5,8H2,1-4H3,(H,18,19). The number of anilines is 1. The summed E-state index contributed by atoms with van der Waals surface area (Å²) in [4.78, 5) is 12.0. The van der Waals surface area contributed by atoms with Crippen LogP contribution in [0.5, 0.6) is 0 Å². The van der Waals surface area contributed by atoms with Gasteiger partial charge in [0, 0.05) is 19.2 Å².